The third-order valence-corrected chi connectivity index (χ3v) is 5.40. The molecular formula is C17H20ClNS. The van der Waals surface area contributed by atoms with Crippen molar-refractivity contribution in [2.45, 2.75) is 45.7 Å². The summed E-state index contributed by atoms with van der Waals surface area (Å²) in [5.74, 6) is 0. The lowest BCUT2D eigenvalue weighted by atomic mass is 10.0. The van der Waals surface area contributed by atoms with Crippen LogP contribution in [0.3, 0.4) is 0 Å². The first kappa shape index (κ1) is 14.1. The number of hydrogen-bond acceptors (Lipinski definition) is 2. The molecule has 3 heteroatoms. The molecule has 0 saturated heterocycles. The van der Waals surface area contributed by atoms with E-state index in [4.69, 9.17) is 11.6 Å². The van der Waals surface area contributed by atoms with Crippen molar-refractivity contribution in [1.82, 2.24) is 5.32 Å². The Balaban J connectivity index is 1.79. The number of fused-ring (bicyclic) bond motifs is 1. The van der Waals surface area contributed by atoms with Gasteiger partial charge in [-0.3, -0.25) is 0 Å². The summed E-state index contributed by atoms with van der Waals surface area (Å²) in [6, 6.07) is 9.47. The average Bonchev–Trinajstić information content (AvgIpc) is 2.93. The highest BCUT2D eigenvalue weighted by Crippen LogP contribution is 2.35. The predicted octanol–water partition coefficient (Wildman–Crippen LogP) is 5.36. The van der Waals surface area contributed by atoms with E-state index in [1.807, 2.05) is 17.4 Å². The van der Waals surface area contributed by atoms with Crippen LogP contribution >= 0.6 is 22.9 Å². The van der Waals surface area contributed by atoms with Gasteiger partial charge in [-0.15, -0.1) is 11.3 Å². The highest BCUT2D eigenvalue weighted by atomic mass is 35.5. The van der Waals surface area contributed by atoms with Crippen LogP contribution in [0.5, 0.6) is 0 Å². The van der Waals surface area contributed by atoms with Crippen molar-refractivity contribution in [1.29, 1.82) is 0 Å². The molecule has 2 aromatic rings. The van der Waals surface area contributed by atoms with Crippen LogP contribution in [-0.2, 0) is 6.42 Å². The molecule has 0 fully saturated rings. The highest BCUT2D eigenvalue weighted by molar-refractivity contribution is 7.12. The Bertz CT molecular complexity index is 632. The largest absolute Gasteiger partial charge is 0.303 e. The Kier molecular flexibility index (Phi) is 3.89. The zero-order chi connectivity index (χ0) is 14.3. The molecule has 1 aliphatic carbocycles. The number of aryl methyl sites for hydroxylation is 3. The quantitative estimate of drug-likeness (QED) is 0.805. The van der Waals surface area contributed by atoms with Crippen molar-refractivity contribution < 1.29 is 0 Å². The summed E-state index contributed by atoms with van der Waals surface area (Å²) >= 11 is 7.96. The topological polar surface area (TPSA) is 12.0 Å². The van der Waals surface area contributed by atoms with Crippen LogP contribution in [0.25, 0.3) is 0 Å². The minimum atomic E-state index is 0.395. The first-order valence-electron chi connectivity index (χ1n) is 7.16. The minimum Gasteiger partial charge on any atom is -0.303 e. The molecule has 0 radical (unpaired) electrons. The predicted molar refractivity (Wildman–Crippen MR) is 87.9 cm³/mol. The SMILES string of the molecule is Cc1cc(C(C)NC2CCc3cc(Cl)ccc32)c(C)s1. The molecule has 0 bridgehead atoms. The standard InChI is InChI=1S/C17H20ClNS/c1-10-8-16(12(3)20-10)11(2)19-17-7-4-13-9-14(18)5-6-15(13)17/h5-6,8-9,11,17,19H,4,7H2,1-3H3. The Morgan fingerprint density at radius 2 is 2.10 bits per heavy atom. The Morgan fingerprint density at radius 1 is 1.30 bits per heavy atom. The van der Waals surface area contributed by atoms with Crippen molar-refractivity contribution >= 4 is 22.9 Å². The van der Waals surface area contributed by atoms with Gasteiger partial charge in [0.15, 0.2) is 0 Å². The molecule has 1 aliphatic rings. The van der Waals surface area contributed by atoms with Gasteiger partial charge in [0.2, 0.25) is 0 Å². The molecule has 1 aromatic heterocycles. The van der Waals surface area contributed by atoms with Gasteiger partial charge in [0.1, 0.15) is 0 Å². The first-order valence-corrected chi connectivity index (χ1v) is 8.35. The lowest BCUT2D eigenvalue weighted by Gasteiger charge is -2.20. The monoisotopic (exact) mass is 305 g/mol. The lowest BCUT2D eigenvalue weighted by molar-refractivity contribution is 0.464. The fourth-order valence-corrected chi connectivity index (χ4v) is 4.45. The Hall–Kier alpha value is -0.830. The molecule has 0 amide bonds. The second-order valence-electron chi connectivity index (χ2n) is 5.69. The fourth-order valence-electron chi connectivity index (χ4n) is 3.23. The maximum Gasteiger partial charge on any atom is 0.0408 e. The van der Waals surface area contributed by atoms with E-state index in [1.165, 1.54) is 32.9 Å². The molecule has 20 heavy (non-hydrogen) atoms. The summed E-state index contributed by atoms with van der Waals surface area (Å²) in [7, 11) is 0. The zero-order valence-corrected chi connectivity index (χ0v) is 13.7. The average molecular weight is 306 g/mol. The Labute approximate surface area is 130 Å². The first-order chi connectivity index (χ1) is 9.54. The molecule has 3 rings (SSSR count). The molecule has 1 heterocycles. The molecule has 0 aliphatic heterocycles. The summed E-state index contributed by atoms with van der Waals surface area (Å²) in [4.78, 5) is 2.82. The summed E-state index contributed by atoms with van der Waals surface area (Å²) in [5, 5.41) is 4.64. The summed E-state index contributed by atoms with van der Waals surface area (Å²) < 4.78 is 0. The molecule has 0 saturated carbocycles. The van der Waals surface area contributed by atoms with E-state index < -0.39 is 0 Å². The molecule has 1 aromatic carbocycles. The van der Waals surface area contributed by atoms with Gasteiger partial charge in [0, 0.05) is 26.9 Å². The van der Waals surface area contributed by atoms with E-state index in [0.717, 1.165) is 11.4 Å². The van der Waals surface area contributed by atoms with Crippen molar-refractivity contribution in [3.63, 3.8) is 0 Å². The maximum absolute atomic E-state index is 6.08. The van der Waals surface area contributed by atoms with E-state index >= 15 is 0 Å². The van der Waals surface area contributed by atoms with Gasteiger partial charge in [0.05, 0.1) is 0 Å². The summed E-state index contributed by atoms with van der Waals surface area (Å²) in [5.41, 5.74) is 4.26. The number of nitrogens with one attached hydrogen (secondary N) is 1. The smallest absolute Gasteiger partial charge is 0.0408 e. The maximum atomic E-state index is 6.08. The molecule has 2 atom stereocenters. The van der Waals surface area contributed by atoms with Crippen molar-refractivity contribution in [2.75, 3.05) is 0 Å². The van der Waals surface area contributed by atoms with Gasteiger partial charge in [-0.1, -0.05) is 17.7 Å². The van der Waals surface area contributed by atoms with Gasteiger partial charge in [-0.05, 0) is 68.5 Å². The molecule has 1 nitrogen and oxygen atoms in total. The molecule has 1 N–H and O–H groups in total. The minimum absolute atomic E-state index is 0.395. The molecule has 0 spiro atoms. The number of hydrogen-bond donors (Lipinski definition) is 1. The van der Waals surface area contributed by atoms with Crippen LogP contribution < -0.4 is 5.32 Å². The number of halogens is 1. The number of benzene rings is 1. The fraction of sp³-hybridized carbons (Fsp3) is 0.412. The summed E-state index contributed by atoms with van der Waals surface area (Å²) in [6.45, 7) is 6.66. The van der Waals surface area contributed by atoms with Gasteiger partial charge < -0.3 is 5.32 Å². The van der Waals surface area contributed by atoms with Gasteiger partial charge >= 0.3 is 0 Å². The van der Waals surface area contributed by atoms with Crippen LogP contribution in [0, 0.1) is 13.8 Å². The molecular weight excluding hydrogens is 286 g/mol. The van der Waals surface area contributed by atoms with Crippen LogP contribution in [0.1, 0.15) is 51.9 Å². The Morgan fingerprint density at radius 3 is 2.80 bits per heavy atom. The van der Waals surface area contributed by atoms with Gasteiger partial charge in [-0.25, -0.2) is 0 Å². The molecule has 106 valence electrons. The van der Waals surface area contributed by atoms with Gasteiger partial charge in [-0.2, -0.15) is 0 Å². The summed E-state index contributed by atoms with van der Waals surface area (Å²) in [6.07, 6.45) is 2.30. The zero-order valence-electron chi connectivity index (χ0n) is 12.2. The van der Waals surface area contributed by atoms with E-state index in [-0.39, 0.29) is 0 Å². The lowest BCUT2D eigenvalue weighted by Crippen LogP contribution is -2.23. The second-order valence-corrected chi connectivity index (χ2v) is 7.59. The van der Waals surface area contributed by atoms with Crippen molar-refractivity contribution in [3.05, 3.63) is 55.7 Å². The van der Waals surface area contributed by atoms with E-state index in [0.29, 0.717) is 12.1 Å². The third kappa shape index (κ3) is 2.65. The van der Waals surface area contributed by atoms with E-state index in [9.17, 15) is 0 Å². The second kappa shape index (κ2) is 5.51. The van der Waals surface area contributed by atoms with Crippen molar-refractivity contribution in [2.24, 2.45) is 0 Å². The van der Waals surface area contributed by atoms with Crippen LogP contribution in [0.4, 0.5) is 0 Å². The van der Waals surface area contributed by atoms with E-state index in [2.05, 4.69) is 44.3 Å². The van der Waals surface area contributed by atoms with E-state index in [1.54, 1.807) is 0 Å². The number of thiophene rings is 1. The van der Waals surface area contributed by atoms with Gasteiger partial charge in [0.25, 0.3) is 0 Å². The van der Waals surface area contributed by atoms with Crippen LogP contribution in [0.2, 0.25) is 5.02 Å². The van der Waals surface area contributed by atoms with Crippen LogP contribution in [-0.4, -0.2) is 0 Å². The normalized spacial score (nSPS) is 19.1. The van der Waals surface area contributed by atoms with Crippen molar-refractivity contribution in [3.8, 4) is 0 Å². The third-order valence-electron chi connectivity index (χ3n) is 4.18. The van der Waals surface area contributed by atoms with Crippen LogP contribution in [0.15, 0.2) is 24.3 Å². The molecule has 2 unspecified atom stereocenters. The number of rotatable bonds is 3. The highest BCUT2D eigenvalue weighted by Gasteiger charge is 2.24.